The maximum atomic E-state index is 12.2. The van der Waals surface area contributed by atoms with E-state index in [2.05, 4.69) is 31.9 Å². The Hall–Kier alpha value is -2.22. The summed E-state index contributed by atoms with van der Waals surface area (Å²) in [6.07, 6.45) is 4.90. The number of carbonyl (C=O) groups excluding carboxylic acids is 2. The van der Waals surface area contributed by atoms with Gasteiger partial charge < -0.3 is 10.2 Å². The van der Waals surface area contributed by atoms with Gasteiger partial charge in [-0.1, -0.05) is 37.1 Å². The Morgan fingerprint density at radius 3 is 2.46 bits per heavy atom. The average molecular weight is 489 g/mol. The highest BCUT2D eigenvalue weighted by atomic mass is 127. The van der Waals surface area contributed by atoms with Gasteiger partial charge in [-0.25, -0.2) is 0 Å². The van der Waals surface area contributed by atoms with Crippen LogP contribution in [0.5, 0.6) is 0 Å². The fourth-order valence-corrected chi connectivity index (χ4v) is 6.04. The predicted octanol–water partition coefficient (Wildman–Crippen LogP) is 4.22. The van der Waals surface area contributed by atoms with E-state index in [-0.39, 0.29) is 11.8 Å². The number of nitrogens with zero attached hydrogens (tertiary/aromatic N) is 1. The van der Waals surface area contributed by atoms with Crippen molar-refractivity contribution in [1.82, 2.24) is 3.53 Å². The predicted molar refractivity (Wildman–Crippen MR) is 123 cm³/mol. The molecule has 0 aliphatic carbocycles. The second-order valence-corrected chi connectivity index (χ2v) is 9.35. The highest BCUT2D eigenvalue weighted by molar-refractivity contribution is 14.2. The number of fused-ring (bicyclic) bond motifs is 1. The van der Waals surface area contributed by atoms with Crippen LogP contribution in [-0.2, 0) is 4.79 Å². The molecule has 0 radical (unpaired) electrons. The van der Waals surface area contributed by atoms with Crippen LogP contribution in [0.4, 0.5) is 11.4 Å². The second kappa shape index (κ2) is 8.43. The number of benzene rings is 2. The molecule has 0 aromatic heterocycles. The molecule has 2 aromatic carbocycles. The maximum absolute atomic E-state index is 12.2. The Bertz CT molecular complexity index is 947. The Labute approximate surface area is 175 Å². The third kappa shape index (κ3) is 3.97. The Kier molecular flexibility index (Phi) is 5.75. The van der Waals surface area contributed by atoms with E-state index < -0.39 is 21.0 Å². The molecule has 5 nitrogen and oxygen atoms in total. The molecule has 1 saturated heterocycles. The Morgan fingerprint density at radius 1 is 1.04 bits per heavy atom. The van der Waals surface area contributed by atoms with Crippen LogP contribution in [0, 0.1) is 0 Å². The molecule has 2 heterocycles. The van der Waals surface area contributed by atoms with Crippen molar-refractivity contribution in [2.24, 2.45) is 0 Å². The zero-order chi connectivity index (χ0) is 19.5. The molecule has 2 N–H and O–H groups in total. The van der Waals surface area contributed by atoms with Crippen molar-refractivity contribution < 1.29 is 9.59 Å². The molecule has 0 saturated carbocycles. The minimum atomic E-state index is -0.632. The van der Waals surface area contributed by atoms with Gasteiger partial charge in [-0.15, -0.1) is 0 Å². The normalized spacial score (nSPS) is 16.8. The van der Waals surface area contributed by atoms with E-state index >= 15 is 0 Å². The van der Waals surface area contributed by atoms with Crippen LogP contribution in [0.1, 0.15) is 54.1 Å². The quantitative estimate of drug-likeness (QED) is 0.502. The number of amides is 2. The molecule has 0 spiro atoms. The van der Waals surface area contributed by atoms with E-state index in [1.54, 1.807) is 6.92 Å². The first-order valence-electron chi connectivity index (χ1n) is 9.71. The highest BCUT2D eigenvalue weighted by Gasteiger charge is 2.22. The van der Waals surface area contributed by atoms with E-state index in [0.717, 1.165) is 41.2 Å². The van der Waals surface area contributed by atoms with Crippen molar-refractivity contribution in [3.63, 3.8) is 0 Å². The van der Waals surface area contributed by atoms with Crippen molar-refractivity contribution in [2.45, 2.75) is 32.6 Å². The van der Waals surface area contributed by atoms with E-state index in [9.17, 15) is 9.59 Å². The van der Waals surface area contributed by atoms with Crippen LogP contribution >= 0.6 is 21.0 Å². The largest absolute Gasteiger partial charge is 0.370 e. The molecule has 6 heteroatoms. The third-order valence-electron chi connectivity index (χ3n) is 5.14. The van der Waals surface area contributed by atoms with E-state index in [0.29, 0.717) is 0 Å². The summed E-state index contributed by atoms with van der Waals surface area (Å²) in [6.45, 7) is 3.59. The molecule has 146 valence electrons. The van der Waals surface area contributed by atoms with Gasteiger partial charge in [-0.05, 0) is 36.6 Å². The van der Waals surface area contributed by atoms with Crippen molar-refractivity contribution in [3.05, 3.63) is 59.2 Å². The molecule has 2 aliphatic rings. The summed E-state index contributed by atoms with van der Waals surface area (Å²) in [5, 5.41) is 3.03. The summed E-state index contributed by atoms with van der Waals surface area (Å²) in [7, 11) is 0. The van der Waals surface area contributed by atoms with Gasteiger partial charge in [0.1, 0.15) is 0 Å². The molecule has 28 heavy (non-hydrogen) atoms. The fourth-order valence-electron chi connectivity index (χ4n) is 3.82. The molecule has 2 aromatic rings. The molecular formula is C22H24IN3O2. The minimum Gasteiger partial charge on any atom is -0.370 e. The summed E-state index contributed by atoms with van der Waals surface area (Å²) in [6, 6.07) is 14.1. The van der Waals surface area contributed by atoms with Gasteiger partial charge in [0.2, 0.25) is 5.91 Å². The monoisotopic (exact) mass is 489 g/mol. The van der Waals surface area contributed by atoms with Gasteiger partial charge >= 0.3 is 0 Å². The number of carbonyl (C=O) groups is 2. The van der Waals surface area contributed by atoms with E-state index in [1.807, 2.05) is 24.3 Å². The van der Waals surface area contributed by atoms with Crippen LogP contribution < -0.4 is 13.7 Å². The van der Waals surface area contributed by atoms with Gasteiger partial charge in [-0.3, -0.25) is 13.1 Å². The van der Waals surface area contributed by atoms with Crippen LogP contribution in [0.3, 0.4) is 0 Å². The summed E-state index contributed by atoms with van der Waals surface area (Å²) in [4.78, 5) is 26.5. The minimum absolute atomic E-state index is 0.00965. The number of hydrogen-bond acceptors (Lipinski definition) is 3. The lowest BCUT2D eigenvalue weighted by molar-refractivity contribution is -0.114. The number of halogens is 1. The standard InChI is InChI=1S/C22H24IN3O2/c1-15(27)24-19-14-16(10-11-20(19)26-12-6-2-3-7-13-26)21-17-8-4-5-9-18(17)22(28)25-23-21/h4-5,8-11,14H,2-3,6-7,12-13H2,1H3,(H,24,27)(H,25,28). The van der Waals surface area contributed by atoms with Crippen molar-refractivity contribution >= 4 is 47.7 Å². The molecule has 4 rings (SSSR count). The fraction of sp³-hybridized carbons (Fsp3) is 0.318. The molecule has 2 aliphatic heterocycles. The topological polar surface area (TPSA) is 61.4 Å². The first-order chi connectivity index (χ1) is 13.6. The Balaban J connectivity index is 1.75. The van der Waals surface area contributed by atoms with Gasteiger partial charge in [0.25, 0.3) is 5.91 Å². The zero-order valence-electron chi connectivity index (χ0n) is 15.9. The van der Waals surface area contributed by atoms with Crippen molar-refractivity contribution in [2.75, 3.05) is 23.3 Å². The zero-order valence-corrected chi connectivity index (χ0v) is 18.1. The SMILES string of the molecule is CC(=O)Nc1cc(C2=INC(=O)c3ccccc32)ccc1N1CCCCCC1. The van der Waals surface area contributed by atoms with Crippen LogP contribution in [0.15, 0.2) is 42.5 Å². The second-order valence-electron chi connectivity index (χ2n) is 7.19. The van der Waals surface area contributed by atoms with Crippen LogP contribution in [0.25, 0.3) is 0 Å². The molecule has 0 atom stereocenters. The van der Waals surface area contributed by atoms with Crippen molar-refractivity contribution in [3.8, 4) is 0 Å². The first kappa shape index (κ1) is 19.1. The van der Waals surface area contributed by atoms with Gasteiger partial charge in [0, 0.05) is 55.7 Å². The maximum Gasteiger partial charge on any atom is 0.260 e. The molecule has 2 amide bonds. The van der Waals surface area contributed by atoms with Gasteiger partial charge in [-0.2, -0.15) is 0 Å². The number of nitrogens with one attached hydrogen (secondary N) is 2. The summed E-state index contributed by atoms with van der Waals surface area (Å²) in [5.74, 6) is -0.0549. The Morgan fingerprint density at radius 2 is 1.75 bits per heavy atom. The molecular weight excluding hydrogens is 465 g/mol. The van der Waals surface area contributed by atoms with Crippen molar-refractivity contribution in [1.29, 1.82) is 0 Å². The lowest BCUT2D eigenvalue weighted by atomic mass is 9.98. The molecule has 1 fully saturated rings. The third-order valence-corrected chi connectivity index (χ3v) is 7.65. The van der Waals surface area contributed by atoms with E-state index in [4.69, 9.17) is 0 Å². The molecule has 0 unspecified atom stereocenters. The summed E-state index contributed by atoms with van der Waals surface area (Å²) in [5.41, 5.74) is 4.75. The summed E-state index contributed by atoms with van der Waals surface area (Å²) < 4.78 is 4.25. The van der Waals surface area contributed by atoms with Crippen LogP contribution in [-0.4, -0.2) is 28.4 Å². The number of rotatable bonds is 3. The van der Waals surface area contributed by atoms with E-state index in [1.165, 1.54) is 29.2 Å². The highest BCUT2D eigenvalue weighted by Crippen LogP contribution is 2.32. The average Bonchev–Trinajstić information content (AvgIpc) is 2.97. The lowest BCUT2D eigenvalue weighted by Gasteiger charge is -2.26. The van der Waals surface area contributed by atoms with Gasteiger partial charge in [0.05, 0.1) is 11.4 Å². The lowest BCUT2D eigenvalue weighted by Crippen LogP contribution is -2.26. The number of hydrogen-bond donors (Lipinski definition) is 2. The van der Waals surface area contributed by atoms with Crippen LogP contribution in [0.2, 0.25) is 0 Å². The first-order valence-corrected chi connectivity index (χ1v) is 11.9. The van der Waals surface area contributed by atoms with Gasteiger partial charge in [0.15, 0.2) is 0 Å². The number of anilines is 2. The molecule has 0 bridgehead atoms. The smallest absolute Gasteiger partial charge is 0.260 e. The summed E-state index contributed by atoms with van der Waals surface area (Å²) >= 11 is -0.632.